The highest BCUT2D eigenvalue weighted by Gasteiger charge is 2.04. The number of methoxy groups -OCH3 is 1. The highest BCUT2D eigenvalue weighted by Crippen LogP contribution is 2.26. The molecule has 0 fully saturated rings. The number of nitrogens with one attached hydrogen (secondary N) is 1. The highest BCUT2D eigenvalue weighted by molar-refractivity contribution is 7.18. The van der Waals surface area contributed by atoms with Crippen molar-refractivity contribution in [3.05, 3.63) is 53.5 Å². The first kappa shape index (κ1) is 12.9. The predicted molar refractivity (Wildman–Crippen MR) is 84.8 cm³/mol. The zero-order valence-corrected chi connectivity index (χ0v) is 12.1. The molecule has 4 heteroatoms. The first-order valence-corrected chi connectivity index (χ1v) is 7.39. The van der Waals surface area contributed by atoms with Gasteiger partial charge in [0.05, 0.1) is 22.3 Å². The van der Waals surface area contributed by atoms with E-state index in [2.05, 4.69) is 22.4 Å². The van der Waals surface area contributed by atoms with Gasteiger partial charge in [-0.2, -0.15) is 0 Å². The van der Waals surface area contributed by atoms with Crippen molar-refractivity contribution in [2.75, 3.05) is 19.0 Å². The van der Waals surface area contributed by atoms with Gasteiger partial charge >= 0.3 is 0 Å². The first-order valence-electron chi connectivity index (χ1n) is 6.57. The Kier molecular flexibility index (Phi) is 3.83. The van der Waals surface area contributed by atoms with E-state index in [9.17, 15) is 0 Å². The van der Waals surface area contributed by atoms with E-state index in [1.807, 2.05) is 36.4 Å². The minimum atomic E-state index is 0.884. The fourth-order valence-electron chi connectivity index (χ4n) is 2.06. The van der Waals surface area contributed by atoms with Gasteiger partial charge in [0.1, 0.15) is 5.75 Å². The summed E-state index contributed by atoms with van der Waals surface area (Å²) in [4.78, 5) is 4.64. The third-order valence-electron chi connectivity index (χ3n) is 3.08. The van der Waals surface area contributed by atoms with Crippen molar-refractivity contribution in [3.63, 3.8) is 0 Å². The number of fused-ring (bicyclic) bond motifs is 1. The number of rotatable bonds is 5. The summed E-state index contributed by atoms with van der Waals surface area (Å²) in [5.41, 5.74) is 2.20. The number of anilines is 1. The topological polar surface area (TPSA) is 34.1 Å². The Labute approximate surface area is 122 Å². The van der Waals surface area contributed by atoms with Gasteiger partial charge in [0.15, 0.2) is 0 Å². The van der Waals surface area contributed by atoms with E-state index in [1.165, 1.54) is 4.70 Å². The van der Waals surface area contributed by atoms with Gasteiger partial charge in [-0.25, -0.2) is 4.98 Å². The van der Waals surface area contributed by atoms with Crippen molar-refractivity contribution < 1.29 is 4.74 Å². The molecule has 0 bridgehead atoms. The summed E-state index contributed by atoms with van der Waals surface area (Å²) in [5.74, 6) is 0.884. The lowest BCUT2D eigenvalue weighted by atomic mass is 10.3. The second kappa shape index (κ2) is 5.92. The molecule has 1 N–H and O–H groups in total. The van der Waals surface area contributed by atoms with Crippen LogP contribution < -0.4 is 10.1 Å². The quantitative estimate of drug-likeness (QED) is 0.770. The summed E-state index contributed by atoms with van der Waals surface area (Å²) in [6.07, 6.45) is 0.927. The summed E-state index contributed by atoms with van der Waals surface area (Å²) in [7, 11) is 1.69. The van der Waals surface area contributed by atoms with Crippen molar-refractivity contribution in [1.82, 2.24) is 4.98 Å². The van der Waals surface area contributed by atoms with Gasteiger partial charge in [0, 0.05) is 18.7 Å². The molecular weight excluding hydrogens is 268 g/mol. The van der Waals surface area contributed by atoms with Crippen molar-refractivity contribution in [2.45, 2.75) is 6.42 Å². The molecule has 3 nitrogen and oxygen atoms in total. The van der Waals surface area contributed by atoms with Gasteiger partial charge < -0.3 is 10.1 Å². The molecule has 0 aliphatic carbocycles. The zero-order valence-electron chi connectivity index (χ0n) is 11.3. The van der Waals surface area contributed by atoms with Crippen LogP contribution in [-0.2, 0) is 6.42 Å². The zero-order chi connectivity index (χ0) is 13.8. The summed E-state index contributed by atoms with van der Waals surface area (Å²) < 4.78 is 6.42. The number of hydrogen-bond donors (Lipinski definition) is 1. The molecule has 0 saturated carbocycles. The van der Waals surface area contributed by atoms with Crippen molar-refractivity contribution in [2.24, 2.45) is 0 Å². The fraction of sp³-hybridized carbons (Fsp3) is 0.188. The molecule has 20 heavy (non-hydrogen) atoms. The lowest BCUT2D eigenvalue weighted by Gasteiger charge is -2.03. The molecule has 0 aliphatic rings. The predicted octanol–water partition coefficient (Wildman–Crippen LogP) is 3.96. The standard InChI is InChI=1S/C16H16N2OS/c1-19-13-7-8-14-15(11-13)20-16(18-14)9-10-17-12-5-3-2-4-6-12/h2-8,11,17H,9-10H2,1H3. The molecule has 0 saturated heterocycles. The number of benzene rings is 2. The maximum Gasteiger partial charge on any atom is 0.120 e. The molecule has 0 spiro atoms. The molecule has 0 amide bonds. The normalized spacial score (nSPS) is 10.7. The highest BCUT2D eigenvalue weighted by atomic mass is 32.1. The van der Waals surface area contributed by atoms with Gasteiger partial charge in [-0.05, 0) is 30.3 Å². The molecule has 0 unspecified atom stereocenters. The number of nitrogens with zero attached hydrogens (tertiary/aromatic N) is 1. The first-order chi connectivity index (χ1) is 9.85. The van der Waals surface area contributed by atoms with Crippen LogP contribution >= 0.6 is 11.3 Å². The minimum absolute atomic E-state index is 0.884. The van der Waals surface area contributed by atoms with Crippen LogP contribution in [-0.4, -0.2) is 18.6 Å². The Hall–Kier alpha value is -2.07. The van der Waals surface area contributed by atoms with Crippen LogP contribution in [0.1, 0.15) is 5.01 Å². The summed E-state index contributed by atoms with van der Waals surface area (Å²) in [6, 6.07) is 16.2. The third-order valence-corrected chi connectivity index (χ3v) is 4.16. The van der Waals surface area contributed by atoms with Crippen LogP contribution in [0.4, 0.5) is 5.69 Å². The lowest BCUT2D eigenvalue weighted by molar-refractivity contribution is 0.415. The Balaban J connectivity index is 1.66. The van der Waals surface area contributed by atoms with E-state index in [4.69, 9.17) is 4.74 Å². The van der Waals surface area contributed by atoms with Gasteiger partial charge in [0.25, 0.3) is 0 Å². The van der Waals surface area contributed by atoms with Crippen LogP contribution in [0.2, 0.25) is 0 Å². The van der Waals surface area contributed by atoms with Crippen LogP contribution in [0.3, 0.4) is 0 Å². The molecule has 0 aliphatic heterocycles. The van der Waals surface area contributed by atoms with Gasteiger partial charge in [0.2, 0.25) is 0 Å². The summed E-state index contributed by atoms with van der Waals surface area (Å²) in [5, 5.41) is 4.55. The number of hydrogen-bond acceptors (Lipinski definition) is 4. The molecule has 2 aromatic carbocycles. The molecule has 0 radical (unpaired) electrons. The van der Waals surface area contributed by atoms with E-state index < -0.39 is 0 Å². The number of aromatic nitrogens is 1. The SMILES string of the molecule is COc1ccc2nc(CCNc3ccccc3)sc2c1. The number of para-hydroxylation sites is 1. The molecule has 3 aromatic rings. The van der Waals surface area contributed by atoms with E-state index in [0.29, 0.717) is 0 Å². The fourth-order valence-corrected chi connectivity index (χ4v) is 3.05. The maximum atomic E-state index is 5.24. The number of thiazole rings is 1. The van der Waals surface area contributed by atoms with Crippen LogP contribution in [0.15, 0.2) is 48.5 Å². The van der Waals surface area contributed by atoms with Gasteiger partial charge in [-0.3, -0.25) is 0 Å². The average molecular weight is 284 g/mol. The smallest absolute Gasteiger partial charge is 0.120 e. The van der Waals surface area contributed by atoms with Crippen molar-refractivity contribution in [1.29, 1.82) is 0 Å². The van der Waals surface area contributed by atoms with Crippen molar-refractivity contribution in [3.8, 4) is 5.75 Å². The van der Waals surface area contributed by atoms with E-state index >= 15 is 0 Å². The molecule has 102 valence electrons. The van der Waals surface area contributed by atoms with Gasteiger partial charge in [-0.15, -0.1) is 11.3 Å². The Morgan fingerprint density at radius 1 is 1.15 bits per heavy atom. The largest absolute Gasteiger partial charge is 0.497 e. The minimum Gasteiger partial charge on any atom is -0.497 e. The molecule has 1 heterocycles. The van der Waals surface area contributed by atoms with Crippen LogP contribution in [0.5, 0.6) is 5.75 Å². The summed E-state index contributed by atoms with van der Waals surface area (Å²) >= 11 is 1.73. The second-order valence-electron chi connectivity index (χ2n) is 4.48. The molecular formula is C16H16N2OS. The molecule has 0 atom stereocenters. The number of ether oxygens (including phenoxy) is 1. The average Bonchev–Trinajstić information content (AvgIpc) is 2.90. The Bertz CT molecular complexity index is 694. The van der Waals surface area contributed by atoms with Gasteiger partial charge in [-0.1, -0.05) is 18.2 Å². The molecule has 3 rings (SSSR count). The second-order valence-corrected chi connectivity index (χ2v) is 5.60. The van der Waals surface area contributed by atoms with Crippen LogP contribution in [0, 0.1) is 0 Å². The lowest BCUT2D eigenvalue weighted by Crippen LogP contribution is -2.04. The monoisotopic (exact) mass is 284 g/mol. The van der Waals surface area contributed by atoms with E-state index in [1.54, 1.807) is 18.4 Å². The Morgan fingerprint density at radius 2 is 2.00 bits per heavy atom. The molecule has 1 aromatic heterocycles. The maximum absolute atomic E-state index is 5.24. The third kappa shape index (κ3) is 2.91. The van der Waals surface area contributed by atoms with E-state index in [0.717, 1.165) is 34.9 Å². The Morgan fingerprint density at radius 3 is 2.80 bits per heavy atom. The van der Waals surface area contributed by atoms with Crippen LogP contribution in [0.25, 0.3) is 10.2 Å². The van der Waals surface area contributed by atoms with E-state index in [-0.39, 0.29) is 0 Å². The van der Waals surface area contributed by atoms with Crippen molar-refractivity contribution >= 4 is 27.2 Å². The summed E-state index contributed by atoms with van der Waals surface area (Å²) in [6.45, 7) is 0.890.